The van der Waals surface area contributed by atoms with E-state index in [1.165, 1.54) is 0 Å². The summed E-state index contributed by atoms with van der Waals surface area (Å²) in [6, 6.07) is 12.9. The molecule has 4 rings (SSSR count). The molecule has 0 radical (unpaired) electrons. The van der Waals surface area contributed by atoms with E-state index in [-0.39, 0.29) is 15.8 Å². The number of benzene rings is 2. The zero-order valence-electron chi connectivity index (χ0n) is 12.8. The lowest BCUT2D eigenvalue weighted by molar-refractivity contribution is 0.476. The first-order valence-electron chi connectivity index (χ1n) is 7.42. The molecule has 0 saturated heterocycles. The monoisotopic (exact) mass is 370 g/mol. The molecule has 4 aromatic rings. The van der Waals surface area contributed by atoms with E-state index in [9.17, 15) is 5.11 Å². The largest absolute Gasteiger partial charge is 0.505 e. The average molecular weight is 371 g/mol. The van der Waals surface area contributed by atoms with Gasteiger partial charge < -0.3 is 10.8 Å². The number of rotatable bonds is 2. The third kappa shape index (κ3) is 2.58. The van der Waals surface area contributed by atoms with Gasteiger partial charge in [0, 0.05) is 23.5 Å². The Kier molecular flexibility index (Phi) is 3.75. The lowest BCUT2D eigenvalue weighted by Gasteiger charge is -2.14. The third-order valence-electron chi connectivity index (χ3n) is 3.90. The fourth-order valence-electron chi connectivity index (χ4n) is 2.79. The molecule has 0 aliphatic carbocycles. The van der Waals surface area contributed by atoms with Gasteiger partial charge in [0.1, 0.15) is 0 Å². The number of halogens is 2. The number of nitrogens with zero attached hydrogens (tertiary/aromatic N) is 3. The molecular weight excluding hydrogens is 359 g/mol. The van der Waals surface area contributed by atoms with Crippen LogP contribution in [0.2, 0.25) is 10.0 Å². The summed E-state index contributed by atoms with van der Waals surface area (Å²) in [4.78, 5) is 8.81. The first-order chi connectivity index (χ1) is 12.1. The van der Waals surface area contributed by atoms with Crippen LogP contribution in [0.5, 0.6) is 5.75 Å². The topological polar surface area (TPSA) is 76.4 Å². The van der Waals surface area contributed by atoms with E-state index in [2.05, 4.69) is 9.97 Å². The number of nitrogens with two attached hydrogens (primary N) is 1. The minimum absolute atomic E-state index is 0.154. The Morgan fingerprint density at radius 2 is 1.68 bits per heavy atom. The predicted molar refractivity (Wildman–Crippen MR) is 100.0 cm³/mol. The molecule has 0 fully saturated rings. The Morgan fingerprint density at radius 3 is 2.36 bits per heavy atom. The van der Waals surface area contributed by atoms with E-state index in [1.807, 2.05) is 34.7 Å². The summed E-state index contributed by atoms with van der Waals surface area (Å²) in [5.41, 5.74) is 9.61. The molecule has 2 aromatic carbocycles. The van der Waals surface area contributed by atoms with Gasteiger partial charge in [0.05, 0.1) is 21.4 Å². The van der Waals surface area contributed by atoms with Gasteiger partial charge in [-0.3, -0.25) is 4.40 Å². The van der Waals surface area contributed by atoms with Crippen LogP contribution in [-0.4, -0.2) is 19.5 Å². The van der Waals surface area contributed by atoms with Crippen molar-refractivity contribution in [2.45, 2.75) is 0 Å². The van der Waals surface area contributed by atoms with E-state index in [1.54, 1.807) is 24.5 Å². The van der Waals surface area contributed by atoms with Gasteiger partial charge in [-0.05, 0) is 12.1 Å². The van der Waals surface area contributed by atoms with Crippen LogP contribution in [0.15, 0.2) is 54.9 Å². The fraction of sp³-hybridized carbons (Fsp3) is 0. The van der Waals surface area contributed by atoms with Gasteiger partial charge >= 0.3 is 0 Å². The smallest absolute Gasteiger partial charge is 0.180 e. The number of nitrogen functional groups attached to an aromatic ring is 1. The van der Waals surface area contributed by atoms with Crippen molar-refractivity contribution in [1.29, 1.82) is 0 Å². The van der Waals surface area contributed by atoms with Crippen molar-refractivity contribution < 1.29 is 5.11 Å². The molecule has 2 aromatic heterocycles. The normalized spacial score (nSPS) is 11.1. The van der Waals surface area contributed by atoms with Crippen LogP contribution in [0.25, 0.3) is 28.2 Å². The second-order valence-electron chi connectivity index (χ2n) is 5.47. The van der Waals surface area contributed by atoms with E-state index in [0.717, 1.165) is 11.3 Å². The van der Waals surface area contributed by atoms with Crippen LogP contribution in [0.1, 0.15) is 0 Å². The Morgan fingerprint density at radius 1 is 1.00 bits per heavy atom. The molecular formula is C18H12Cl2N4O. The summed E-state index contributed by atoms with van der Waals surface area (Å²) >= 11 is 12.2. The summed E-state index contributed by atoms with van der Waals surface area (Å²) in [7, 11) is 0. The maximum Gasteiger partial charge on any atom is 0.180 e. The maximum atomic E-state index is 9.86. The van der Waals surface area contributed by atoms with Crippen LogP contribution >= 0.6 is 23.2 Å². The molecule has 0 saturated carbocycles. The van der Waals surface area contributed by atoms with Crippen molar-refractivity contribution in [2.75, 3.05) is 5.73 Å². The van der Waals surface area contributed by atoms with Gasteiger partial charge in [-0.15, -0.1) is 0 Å². The molecule has 0 aliphatic heterocycles. The van der Waals surface area contributed by atoms with Gasteiger partial charge in [-0.25, -0.2) is 9.97 Å². The molecule has 7 heteroatoms. The highest BCUT2D eigenvalue weighted by molar-refractivity contribution is 6.37. The molecule has 0 bridgehead atoms. The van der Waals surface area contributed by atoms with Crippen molar-refractivity contribution in [1.82, 2.24) is 14.4 Å². The molecule has 0 spiro atoms. The molecule has 0 unspecified atom stereocenters. The molecule has 0 aliphatic rings. The average Bonchev–Trinajstić information content (AvgIpc) is 3.10. The van der Waals surface area contributed by atoms with E-state index < -0.39 is 0 Å². The number of anilines is 1. The number of imidazole rings is 1. The van der Waals surface area contributed by atoms with Crippen LogP contribution in [0.4, 0.5) is 5.82 Å². The summed E-state index contributed by atoms with van der Waals surface area (Å²) < 4.78 is 1.84. The minimum Gasteiger partial charge on any atom is -0.505 e. The lowest BCUT2D eigenvalue weighted by atomic mass is 10.0. The highest BCUT2D eigenvalue weighted by Gasteiger charge is 2.18. The molecule has 25 heavy (non-hydrogen) atoms. The second kappa shape index (κ2) is 5.95. The Bertz CT molecular complexity index is 1070. The van der Waals surface area contributed by atoms with Crippen molar-refractivity contribution >= 4 is 34.7 Å². The van der Waals surface area contributed by atoms with Crippen molar-refractivity contribution in [3.8, 4) is 28.3 Å². The molecule has 5 nitrogen and oxygen atoms in total. The number of phenols is 1. The van der Waals surface area contributed by atoms with E-state index in [0.29, 0.717) is 22.7 Å². The summed E-state index contributed by atoms with van der Waals surface area (Å²) in [5, 5.41) is 10.2. The molecule has 2 heterocycles. The summed E-state index contributed by atoms with van der Waals surface area (Å²) in [6.07, 6.45) is 3.44. The van der Waals surface area contributed by atoms with Crippen LogP contribution < -0.4 is 5.73 Å². The summed E-state index contributed by atoms with van der Waals surface area (Å²) in [6.45, 7) is 0. The third-order valence-corrected chi connectivity index (χ3v) is 4.48. The Labute approximate surface area is 153 Å². The van der Waals surface area contributed by atoms with Gasteiger partial charge in [-0.1, -0.05) is 53.5 Å². The van der Waals surface area contributed by atoms with Crippen LogP contribution in [-0.2, 0) is 0 Å². The van der Waals surface area contributed by atoms with Gasteiger partial charge in [0.2, 0.25) is 0 Å². The number of phenolic OH excluding ortho intramolecular Hbond substituents is 1. The number of hydrogen-bond donors (Lipinski definition) is 2. The molecule has 0 amide bonds. The van der Waals surface area contributed by atoms with Crippen molar-refractivity contribution in [2.24, 2.45) is 0 Å². The lowest BCUT2D eigenvalue weighted by Crippen LogP contribution is -2.03. The molecule has 3 N–H and O–H groups in total. The van der Waals surface area contributed by atoms with Gasteiger partial charge in [0.15, 0.2) is 17.2 Å². The highest BCUT2D eigenvalue weighted by atomic mass is 35.5. The fourth-order valence-corrected chi connectivity index (χ4v) is 3.27. The minimum atomic E-state index is -0.154. The second-order valence-corrected chi connectivity index (χ2v) is 6.28. The Hall–Kier alpha value is -2.76. The van der Waals surface area contributed by atoms with Gasteiger partial charge in [-0.2, -0.15) is 0 Å². The van der Waals surface area contributed by atoms with Gasteiger partial charge in [0.25, 0.3) is 0 Å². The van der Waals surface area contributed by atoms with Crippen molar-refractivity contribution in [3.05, 3.63) is 64.9 Å². The first kappa shape index (κ1) is 15.7. The quantitative estimate of drug-likeness (QED) is 0.537. The highest BCUT2D eigenvalue weighted by Crippen LogP contribution is 2.39. The maximum absolute atomic E-state index is 9.86. The first-order valence-corrected chi connectivity index (χ1v) is 8.18. The number of aromatic nitrogens is 3. The molecule has 0 atom stereocenters. The predicted octanol–water partition coefficient (Wildman–Crippen LogP) is 4.66. The summed E-state index contributed by atoms with van der Waals surface area (Å²) in [5.74, 6) is 0.169. The van der Waals surface area contributed by atoms with Crippen LogP contribution in [0, 0.1) is 0 Å². The number of hydrogen-bond acceptors (Lipinski definition) is 4. The Balaban J connectivity index is 2.12. The zero-order chi connectivity index (χ0) is 17.6. The molecule has 124 valence electrons. The zero-order valence-corrected chi connectivity index (χ0v) is 14.3. The standard InChI is InChI=1S/C18H12Cl2N4O/c19-12-8-11(9-13(20)16(12)25)15-14(10-4-2-1-3-5-10)23-17(21)18-22-6-7-24(15)18/h1-9,25H,(H2,21,23). The van der Waals surface area contributed by atoms with Crippen molar-refractivity contribution in [3.63, 3.8) is 0 Å². The number of aromatic hydroxyl groups is 1. The SMILES string of the molecule is Nc1nc(-c2ccccc2)c(-c2cc(Cl)c(O)c(Cl)c2)n2ccnc12. The van der Waals surface area contributed by atoms with Crippen LogP contribution in [0.3, 0.4) is 0 Å². The number of fused-ring (bicyclic) bond motifs is 1. The van der Waals surface area contributed by atoms with E-state index in [4.69, 9.17) is 28.9 Å². The van der Waals surface area contributed by atoms with E-state index >= 15 is 0 Å².